The maximum absolute atomic E-state index is 5.56. The Hall–Kier alpha value is -2.07. The van der Waals surface area contributed by atoms with Crippen LogP contribution in [0, 0.1) is 0 Å². The zero-order valence-corrected chi connectivity index (χ0v) is 12.0. The molecule has 1 aliphatic rings. The summed E-state index contributed by atoms with van der Waals surface area (Å²) in [5, 5.41) is 3.46. The molecule has 21 heavy (non-hydrogen) atoms. The number of para-hydroxylation sites is 1. The van der Waals surface area contributed by atoms with Gasteiger partial charge in [0.1, 0.15) is 19.0 Å². The largest absolute Gasteiger partial charge is 0.490 e. The Labute approximate surface area is 125 Å². The van der Waals surface area contributed by atoms with E-state index in [1.807, 2.05) is 42.6 Å². The lowest BCUT2D eigenvalue weighted by atomic mass is 10.3. The quantitative estimate of drug-likeness (QED) is 0.757. The fourth-order valence-corrected chi connectivity index (χ4v) is 1.97. The van der Waals surface area contributed by atoms with E-state index in [0.717, 1.165) is 18.3 Å². The Morgan fingerprint density at radius 2 is 1.81 bits per heavy atom. The van der Waals surface area contributed by atoms with Gasteiger partial charge in [-0.25, -0.2) is 4.98 Å². The van der Waals surface area contributed by atoms with Gasteiger partial charge in [0, 0.05) is 24.8 Å². The summed E-state index contributed by atoms with van der Waals surface area (Å²) in [7, 11) is 0. The Morgan fingerprint density at radius 3 is 2.52 bits per heavy atom. The van der Waals surface area contributed by atoms with E-state index in [2.05, 4.69) is 16.4 Å². The molecule has 110 valence electrons. The fraction of sp³-hybridized carbons (Fsp3) is 0.353. The van der Waals surface area contributed by atoms with Crippen molar-refractivity contribution in [1.29, 1.82) is 0 Å². The molecule has 2 aromatic rings. The highest BCUT2D eigenvalue weighted by Gasteiger charge is 2.19. The van der Waals surface area contributed by atoms with Gasteiger partial charge in [-0.15, -0.1) is 0 Å². The summed E-state index contributed by atoms with van der Waals surface area (Å²) in [6.45, 7) is 1.88. The summed E-state index contributed by atoms with van der Waals surface area (Å²) in [6, 6.07) is 14.4. The molecule has 0 spiro atoms. The second-order valence-corrected chi connectivity index (χ2v) is 5.17. The molecule has 0 amide bonds. The molecule has 4 heteroatoms. The first-order valence-electron chi connectivity index (χ1n) is 7.39. The normalized spacial score (nSPS) is 13.9. The molecule has 1 saturated carbocycles. The predicted octanol–water partition coefficient (Wildman–Crippen LogP) is 2.79. The summed E-state index contributed by atoms with van der Waals surface area (Å²) >= 11 is 0. The highest BCUT2D eigenvalue weighted by molar-refractivity contribution is 5.21. The van der Waals surface area contributed by atoms with Crippen molar-refractivity contribution in [3.63, 3.8) is 0 Å². The van der Waals surface area contributed by atoms with E-state index in [-0.39, 0.29) is 0 Å². The van der Waals surface area contributed by atoms with Crippen LogP contribution >= 0.6 is 0 Å². The Morgan fingerprint density at radius 1 is 1.00 bits per heavy atom. The van der Waals surface area contributed by atoms with Gasteiger partial charge in [-0.05, 0) is 30.5 Å². The van der Waals surface area contributed by atoms with Crippen LogP contribution in [0.25, 0.3) is 0 Å². The van der Waals surface area contributed by atoms with Gasteiger partial charge < -0.3 is 14.8 Å². The van der Waals surface area contributed by atoms with Gasteiger partial charge in [-0.1, -0.05) is 24.3 Å². The minimum Gasteiger partial charge on any atom is -0.490 e. The SMILES string of the molecule is c1ccc(OCCOc2ccc(CNC3CC3)cn2)cc1. The monoisotopic (exact) mass is 284 g/mol. The third-order valence-corrected chi connectivity index (χ3v) is 3.32. The molecule has 0 atom stereocenters. The van der Waals surface area contributed by atoms with Gasteiger partial charge in [-0.3, -0.25) is 0 Å². The molecule has 1 N–H and O–H groups in total. The Kier molecular flexibility index (Phi) is 4.69. The maximum atomic E-state index is 5.56. The van der Waals surface area contributed by atoms with Crippen molar-refractivity contribution >= 4 is 0 Å². The lowest BCUT2D eigenvalue weighted by Crippen LogP contribution is -2.15. The smallest absolute Gasteiger partial charge is 0.213 e. The lowest BCUT2D eigenvalue weighted by Gasteiger charge is -2.08. The molecule has 0 radical (unpaired) electrons. The van der Waals surface area contributed by atoms with Crippen molar-refractivity contribution in [3.05, 3.63) is 54.2 Å². The van der Waals surface area contributed by atoms with Crippen LogP contribution in [0.2, 0.25) is 0 Å². The van der Waals surface area contributed by atoms with Gasteiger partial charge in [0.15, 0.2) is 0 Å². The van der Waals surface area contributed by atoms with Crippen LogP contribution in [0.5, 0.6) is 11.6 Å². The molecule has 3 rings (SSSR count). The first-order valence-corrected chi connectivity index (χ1v) is 7.39. The summed E-state index contributed by atoms with van der Waals surface area (Å²) in [5.74, 6) is 1.50. The molecular weight excluding hydrogens is 264 g/mol. The van der Waals surface area contributed by atoms with Crippen molar-refractivity contribution < 1.29 is 9.47 Å². The van der Waals surface area contributed by atoms with Gasteiger partial charge in [0.25, 0.3) is 0 Å². The van der Waals surface area contributed by atoms with Crippen molar-refractivity contribution in [3.8, 4) is 11.6 Å². The first-order chi connectivity index (χ1) is 10.4. The first kappa shape index (κ1) is 13.9. The number of nitrogens with one attached hydrogen (secondary N) is 1. The zero-order chi connectivity index (χ0) is 14.3. The number of ether oxygens (including phenoxy) is 2. The van der Waals surface area contributed by atoms with Crippen LogP contribution in [0.3, 0.4) is 0 Å². The van der Waals surface area contributed by atoms with E-state index in [9.17, 15) is 0 Å². The molecule has 0 bridgehead atoms. The van der Waals surface area contributed by atoms with E-state index in [1.54, 1.807) is 0 Å². The topological polar surface area (TPSA) is 43.4 Å². The highest BCUT2D eigenvalue weighted by atomic mass is 16.5. The molecule has 1 aromatic carbocycles. The number of nitrogens with zero attached hydrogens (tertiary/aromatic N) is 1. The van der Waals surface area contributed by atoms with E-state index in [0.29, 0.717) is 19.1 Å². The van der Waals surface area contributed by atoms with Crippen LogP contribution < -0.4 is 14.8 Å². The number of hydrogen-bond acceptors (Lipinski definition) is 4. The molecule has 0 saturated heterocycles. The van der Waals surface area contributed by atoms with Crippen LogP contribution in [0.1, 0.15) is 18.4 Å². The van der Waals surface area contributed by atoms with Crippen molar-refractivity contribution in [1.82, 2.24) is 10.3 Å². The summed E-state index contributed by atoms with van der Waals surface area (Å²) < 4.78 is 11.1. The number of rotatable bonds is 8. The third kappa shape index (κ3) is 4.76. The van der Waals surface area contributed by atoms with Crippen molar-refractivity contribution in [2.75, 3.05) is 13.2 Å². The molecule has 1 aliphatic carbocycles. The van der Waals surface area contributed by atoms with E-state index >= 15 is 0 Å². The van der Waals surface area contributed by atoms with Crippen LogP contribution in [-0.2, 0) is 6.54 Å². The average Bonchev–Trinajstić information content (AvgIpc) is 3.36. The second-order valence-electron chi connectivity index (χ2n) is 5.17. The van der Waals surface area contributed by atoms with Crippen molar-refractivity contribution in [2.45, 2.75) is 25.4 Å². The lowest BCUT2D eigenvalue weighted by molar-refractivity contribution is 0.212. The van der Waals surface area contributed by atoms with Gasteiger partial charge in [-0.2, -0.15) is 0 Å². The molecule has 4 nitrogen and oxygen atoms in total. The third-order valence-electron chi connectivity index (χ3n) is 3.32. The number of aromatic nitrogens is 1. The number of hydrogen-bond donors (Lipinski definition) is 1. The van der Waals surface area contributed by atoms with E-state index < -0.39 is 0 Å². The number of pyridine rings is 1. The van der Waals surface area contributed by atoms with Gasteiger partial charge >= 0.3 is 0 Å². The average molecular weight is 284 g/mol. The zero-order valence-electron chi connectivity index (χ0n) is 12.0. The minimum absolute atomic E-state index is 0.488. The summed E-state index contributed by atoms with van der Waals surface area (Å²) in [4.78, 5) is 4.30. The van der Waals surface area contributed by atoms with E-state index in [1.165, 1.54) is 18.4 Å². The molecule has 0 unspecified atom stereocenters. The summed E-state index contributed by atoms with van der Waals surface area (Å²) in [5.41, 5.74) is 1.19. The van der Waals surface area contributed by atoms with Crippen molar-refractivity contribution in [2.24, 2.45) is 0 Å². The second kappa shape index (κ2) is 7.09. The van der Waals surface area contributed by atoms with Gasteiger partial charge in [0.05, 0.1) is 0 Å². The van der Waals surface area contributed by atoms with Crippen LogP contribution in [0.15, 0.2) is 48.7 Å². The molecule has 0 aliphatic heterocycles. The van der Waals surface area contributed by atoms with Crippen LogP contribution in [0.4, 0.5) is 0 Å². The van der Waals surface area contributed by atoms with Gasteiger partial charge in [0.2, 0.25) is 5.88 Å². The van der Waals surface area contributed by atoms with Crippen LogP contribution in [-0.4, -0.2) is 24.2 Å². The Bertz CT molecular complexity index is 538. The van der Waals surface area contributed by atoms with E-state index in [4.69, 9.17) is 9.47 Å². The predicted molar refractivity (Wildman–Crippen MR) is 81.5 cm³/mol. The molecule has 1 aromatic heterocycles. The fourth-order valence-electron chi connectivity index (χ4n) is 1.97. The molecule has 1 heterocycles. The Balaban J connectivity index is 1.36. The highest BCUT2D eigenvalue weighted by Crippen LogP contribution is 2.19. The standard InChI is InChI=1S/C17H20N2O2/c1-2-4-16(5-3-1)20-10-11-21-17-9-6-14(13-19-17)12-18-15-7-8-15/h1-6,9,13,15,18H,7-8,10-12H2. The molecule has 1 fully saturated rings. The number of benzene rings is 1. The minimum atomic E-state index is 0.488. The molecular formula is C17H20N2O2. The summed E-state index contributed by atoms with van der Waals surface area (Å²) in [6.07, 6.45) is 4.47. The maximum Gasteiger partial charge on any atom is 0.213 e.